The van der Waals surface area contributed by atoms with Crippen molar-refractivity contribution in [1.82, 2.24) is 5.32 Å². The molecule has 7 heteroatoms. The zero-order chi connectivity index (χ0) is 18.6. The average molecular weight is 358 g/mol. The molecule has 2 fully saturated rings. The van der Waals surface area contributed by atoms with Gasteiger partial charge in [0.15, 0.2) is 0 Å². The number of nitrogens with zero attached hydrogens (tertiary/aromatic N) is 1. The lowest BCUT2D eigenvalue weighted by molar-refractivity contribution is -0.114. The van der Waals surface area contributed by atoms with Crippen molar-refractivity contribution in [2.24, 2.45) is 16.5 Å². The summed E-state index contributed by atoms with van der Waals surface area (Å²) in [5.41, 5.74) is 13.6. The van der Waals surface area contributed by atoms with E-state index in [-0.39, 0.29) is 22.9 Å². The molecule has 2 aliphatic rings. The van der Waals surface area contributed by atoms with E-state index in [0.717, 1.165) is 32.7 Å². The van der Waals surface area contributed by atoms with E-state index in [1.807, 2.05) is 24.3 Å². The molecule has 2 heterocycles. The molecule has 1 atom stereocenters. The SMILES string of the molecule is CC1(c2ccc(N=C(N)/C(=C\NC3CCCOC3)C(N)=O)cc2)COC1. The highest BCUT2D eigenvalue weighted by Gasteiger charge is 2.34. The smallest absolute Gasteiger partial charge is 0.253 e. The van der Waals surface area contributed by atoms with Crippen molar-refractivity contribution in [1.29, 1.82) is 0 Å². The largest absolute Gasteiger partial charge is 0.385 e. The molecular formula is C19H26N4O3. The Morgan fingerprint density at radius 1 is 1.27 bits per heavy atom. The fourth-order valence-electron chi connectivity index (χ4n) is 3.06. The Bertz CT molecular complexity index is 702. The molecule has 1 aromatic rings. The van der Waals surface area contributed by atoms with Gasteiger partial charge in [0, 0.05) is 24.3 Å². The maximum atomic E-state index is 11.7. The number of benzene rings is 1. The number of carbonyl (C=O) groups excluding carboxylic acids is 1. The van der Waals surface area contributed by atoms with Gasteiger partial charge in [0.05, 0.1) is 31.1 Å². The normalized spacial score (nSPS) is 23.2. The van der Waals surface area contributed by atoms with E-state index >= 15 is 0 Å². The first-order valence-electron chi connectivity index (χ1n) is 8.84. The second-order valence-electron chi connectivity index (χ2n) is 7.10. The van der Waals surface area contributed by atoms with Gasteiger partial charge in [0.1, 0.15) is 5.84 Å². The Labute approximate surface area is 153 Å². The molecule has 3 rings (SSSR count). The van der Waals surface area contributed by atoms with E-state index in [1.54, 1.807) is 6.20 Å². The standard InChI is InChI=1S/C19H26N4O3/c1-19(11-26-12-19)13-4-6-14(7-5-13)23-17(20)16(18(21)24)9-22-15-3-2-8-25-10-15/h4-7,9,15,22H,2-3,8,10-12H2,1H3,(H2,20,23)(H2,21,24)/b16-9+. The Balaban J connectivity index is 1.71. The number of nitrogens with two attached hydrogens (primary N) is 2. The van der Waals surface area contributed by atoms with Crippen LogP contribution >= 0.6 is 0 Å². The number of nitrogens with one attached hydrogen (secondary N) is 1. The van der Waals surface area contributed by atoms with Crippen LogP contribution in [0.5, 0.6) is 0 Å². The van der Waals surface area contributed by atoms with Crippen LogP contribution in [-0.4, -0.2) is 44.2 Å². The van der Waals surface area contributed by atoms with Crippen molar-refractivity contribution >= 4 is 17.4 Å². The number of rotatable bonds is 6. The average Bonchev–Trinajstić information content (AvgIpc) is 2.61. The lowest BCUT2D eigenvalue weighted by Gasteiger charge is -2.38. The maximum Gasteiger partial charge on any atom is 0.253 e. The van der Waals surface area contributed by atoms with Gasteiger partial charge in [-0.2, -0.15) is 0 Å². The van der Waals surface area contributed by atoms with E-state index in [2.05, 4.69) is 17.2 Å². The Morgan fingerprint density at radius 2 is 2.00 bits per heavy atom. The molecule has 1 aromatic carbocycles. The molecule has 0 aromatic heterocycles. The number of ether oxygens (including phenoxy) is 2. The number of amides is 1. The third kappa shape index (κ3) is 4.23. The highest BCUT2D eigenvalue weighted by atomic mass is 16.5. The van der Waals surface area contributed by atoms with Crippen molar-refractivity contribution in [3.63, 3.8) is 0 Å². The molecule has 0 bridgehead atoms. The van der Waals surface area contributed by atoms with E-state index < -0.39 is 5.91 Å². The summed E-state index contributed by atoms with van der Waals surface area (Å²) in [5.74, 6) is -0.529. The van der Waals surface area contributed by atoms with Gasteiger partial charge < -0.3 is 26.3 Å². The molecule has 2 saturated heterocycles. The van der Waals surface area contributed by atoms with E-state index in [1.165, 1.54) is 5.56 Å². The molecule has 0 radical (unpaired) electrons. The zero-order valence-electron chi connectivity index (χ0n) is 15.0. The van der Waals surface area contributed by atoms with Gasteiger partial charge in [-0.3, -0.25) is 4.79 Å². The summed E-state index contributed by atoms with van der Waals surface area (Å²) < 4.78 is 10.7. The Morgan fingerprint density at radius 3 is 2.54 bits per heavy atom. The van der Waals surface area contributed by atoms with E-state index in [0.29, 0.717) is 12.3 Å². The number of carbonyl (C=O) groups is 1. The van der Waals surface area contributed by atoms with Gasteiger partial charge >= 0.3 is 0 Å². The number of aliphatic imine (C=N–C) groups is 1. The maximum absolute atomic E-state index is 11.7. The second kappa shape index (κ2) is 7.88. The van der Waals surface area contributed by atoms with Crippen molar-refractivity contribution < 1.29 is 14.3 Å². The highest BCUT2D eigenvalue weighted by Crippen LogP contribution is 2.32. The van der Waals surface area contributed by atoms with Crippen LogP contribution in [0.1, 0.15) is 25.3 Å². The third-order valence-corrected chi connectivity index (χ3v) is 4.82. The van der Waals surface area contributed by atoms with Gasteiger partial charge in [0.2, 0.25) is 0 Å². The first-order valence-corrected chi connectivity index (χ1v) is 8.84. The van der Waals surface area contributed by atoms with Gasteiger partial charge in [-0.15, -0.1) is 0 Å². The second-order valence-corrected chi connectivity index (χ2v) is 7.10. The predicted molar refractivity (Wildman–Crippen MR) is 100 cm³/mol. The minimum absolute atomic E-state index is 0.0675. The third-order valence-electron chi connectivity index (χ3n) is 4.82. The fraction of sp³-hybridized carbons (Fsp3) is 0.474. The van der Waals surface area contributed by atoms with Crippen molar-refractivity contribution in [3.05, 3.63) is 41.6 Å². The van der Waals surface area contributed by atoms with Crippen LogP contribution in [-0.2, 0) is 19.7 Å². The van der Waals surface area contributed by atoms with Crippen molar-refractivity contribution in [2.75, 3.05) is 26.4 Å². The van der Waals surface area contributed by atoms with Crippen LogP contribution < -0.4 is 16.8 Å². The quantitative estimate of drug-likeness (QED) is 0.400. The van der Waals surface area contributed by atoms with Crippen LogP contribution in [0.4, 0.5) is 5.69 Å². The predicted octanol–water partition coefficient (Wildman–Crippen LogP) is 1.10. The summed E-state index contributed by atoms with van der Waals surface area (Å²) in [4.78, 5) is 16.1. The number of hydrogen-bond acceptors (Lipinski definition) is 5. The van der Waals surface area contributed by atoms with Crippen LogP contribution in [0.15, 0.2) is 41.0 Å². The fourth-order valence-corrected chi connectivity index (χ4v) is 3.06. The molecule has 5 N–H and O–H groups in total. The number of primary amides is 1. The van der Waals surface area contributed by atoms with Crippen molar-refractivity contribution in [3.8, 4) is 0 Å². The molecule has 7 nitrogen and oxygen atoms in total. The molecule has 0 aliphatic carbocycles. The molecular weight excluding hydrogens is 332 g/mol. The molecule has 140 valence electrons. The van der Waals surface area contributed by atoms with Gasteiger partial charge in [-0.25, -0.2) is 4.99 Å². The number of hydrogen-bond donors (Lipinski definition) is 3. The highest BCUT2D eigenvalue weighted by molar-refractivity contribution is 6.20. The van der Waals surface area contributed by atoms with Crippen LogP contribution in [0.2, 0.25) is 0 Å². The number of amidine groups is 1. The Hall–Kier alpha value is -2.38. The first kappa shape index (κ1) is 18.4. The van der Waals surface area contributed by atoms with Crippen LogP contribution in [0, 0.1) is 0 Å². The van der Waals surface area contributed by atoms with E-state index in [4.69, 9.17) is 20.9 Å². The first-order chi connectivity index (χ1) is 12.5. The summed E-state index contributed by atoms with van der Waals surface area (Å²) in [5, 5.41) is 3.15. The molecule has 0 saturated carbocycles. The summed E-state index contributed by atoms with van der Waals surface area (Å²) in [7, 11) is 0. The summed E-state index contributed by atoms with van der Waals surface area (Å²) in [6.45, 7) is 4.99. The summed E-state index contributed by atoms with van der Waals surface area (Å²) in [6.07, 6.45) is 3.50. The lowest BCUT2D eigenvalue weighted by atomic mass is 9.81. The van der Waals surface area contributed by atoms with Gasteiger partial charge in [0.25, 0.3) is 5.91 Å². The lowest BCUT2D eigenvalue weighted by Crippen LogP contribution is -2.43. The zero-order valence-corrected chi connectivity index (χ0v) is 15.0. The molecule has 26 heavy (non-hydrogen) atoms. The van der Waals surface area contributed by atoms with Crippen molar-refractivity contribution in [2.45, 2.75) is 31.2 Å². The Kier molecular flexibility index (Phi) is 5.58. The summed E-state index contributed by atoms with van der Waals surface area (Å²) in [6, 6.07) is 7.94. The van der Waals surface area contributed by atoms with Crippen LogP contribution in [0.3, 0.4) is 0 Å². The molecule has 2 aliphatic heterocycles. The summed E-state index contributed by atoms with van der Waals surface area (Å²) >= 11 is 0. The molecule has 1 amide bonds. The topological polar surface area (TPSA) is 112 Å². The van der Waals surface area contributed by atoms with Gasteiger partial charge in [-0.05, 0) is 30.5 Å². The molecule has 0 spiro atoms. The minimum atomic E-state index is -0.619. The monoisotopic (exact) mass is 358 g/mol. The van der Waals surface area contributed by atoms with Gasteiger partial charge in [-0.1, -0.05) is 19.1 Å². The minimum Gasteiger partial charge on any atom is -0.385 e. The van der Waals surface area contributed by atoms with E-state index in [9.17, 15) is 4.79 Å². The molecule has 1 unspecified atom stereocenters. The van der Waals surface area contributed by atoms with Crippen LogP contribution in [0.25, 0.3) is 0 Å².